The molecule has 1 aromatic carbocycles. The number of nitrogens with zero attached hydrogens (tertiary/aromatic N) is 1. The van der Waals surface area contributed by atoms with Crippen LogP contribution in [0.15, 0.2) is 24.3 Å². The first kappa shape index (κ1) is 14.5. The van der Waals surface area contributed by atoms with Crippen molar-refractivity contribution < 1.29 is 9.53 Å². The summed E-state index contributed by atoms with van der Waals surface area (Å²) in [6.45, 7) is 6.69. The molecule has 0 bridgehead atoms. The van der Waals surface area contributed by atoms with Crippen LogP contribution in [0.4, 0.5) is 5.69 Å². The molecule has 0 heterocycles. The third-order valence-corrected chi connectivity index (χ3v) is 3.02. The predicted molar refractivity (Wildman–Crippen MR) is 73.0 cm³/mol. The normalized spacial score (nSPS) is 11.3. The van der Waals surface area contributed by atoms with E-state index in [0.29, 0.717) is 18.8 Å². The molecular weight excluding hydrogens is 228 g/mol. The van der Waals surface area contributed by atoms with E-state index in [1.54, 1.807) is 25.9 Å². The van der Waals surface area contributed by atoms with Gasteiger partial charge in [0.2, 0.25) is 0 Å². The molecule has 0 aliphatic heterocycles. The molecule has 4 nitrogen and oxygen atoms in total. The fourth-order valence-corrected chi connectivity index (χ4v) is 1.71. The summed E-state index contributed by atoms with van der Waals surface area (Å²) in [6, 6.07) is 7.58. The Bertz CT molecular complexity index is 416. The predicted octanol–water partition coefficient (Wildman–Crippen LogP) is 2.04. The first-order valence-corrected chi connectivity index (χ1v) is 6.09. The largest absolute Gasteiger partial charge is 0.399 e. The van der Waals surface area contributed by atoms with E-state index >= 15 is 0 Å². The fourth-order valence-electron chi connectivity index (χ4n) is 1.71. The molecule has 0 spiro atoms. The molecule has 1 amide bonds. The second kappa shape index (κ2) is 5.87. The first-order chi connectivity index (χ1) is 8.40. The maximum Gasteiger partial charge on any atom is 0.254 e. The van der Waals surface area contributed by atoms with Gasteiger partial charge in [-0.3, -0.25) is 4.79 Å². The van der Waals surface area contributed by atoms with Crippen molar-refractivity contribution in [3.05, 3.63) is 29.8 Å². The minimum Gasteiger partial charge on any atom is -0.399 e. The zero-order chi connectivity index (χ0) is 13.8. The fraction of sp³-hybridized carbons (Fsp3) is 0.500. The topological polar surface area (TPSA) is 55.6 Å². The monoisotopic (exact) mass is 250 g/mol. The number of ether oxygens (including phenoxy) is 1. The summed E-state index contributed by atoms with van der Waals surface area (Å²) in [6.07, 6.45) is 0. The lowest BCUT2D eigenvalue weighted by molar-refractivity contribution is -0.151. The van der Waals surface area contributed by atoms with Crippen molar-refractivity contribution in [2.45, 2.75) is 32.9 Å². The standard InChI is InChI=1S/C14H22N2O2/c1-5-16(13(17)14(2,3)18-4)10-11-7-6-8-12(15)9-11/h6-9H,5,10,15H2,1-4H3. The number of carbonyl (C=O) groups excluding carboxylic acids is 1. The molecule has 2 N–H and O–H groups in total. The lowest BCUT2D eigenvalue weighted by atomic mass is 10.1. The van der Waals surface area contributed by atoms with Gasteiger partial charge in [0, 0.05) is 25.9 Å². The van der Waals surface area contributed by atoms with Crippen LogP contribution in [0.1, 0.15) is 26.3 Å². The van der Waals surface area contributed by atoms with Crippen LogP contribution in [0, 0.1) is 0 Å². The number of likely N-dealkylation sites (N-methyl/N-ethyl adjacent to an activating group) is 1. The summed E-state index contributed by atoms with van der Waals surface area (Å²) < 4.78 is 5.23. The van der Waals surface area contributed by atoms with Gasteiger partial charge >= 0.3 is 0 Å². The van der Waals surface area contributed by atoms with E-state index in [9.17, 15) is 4.79 Å². The lowest BCUT2D eigenvalue weighted by Gasteiger charge is -2.30. The van der Waals surface area contributed by atoms with Crippen LogP contribution in [-0.2, 0) is 16.1 Å². The molecular formula is C14H22N2O2. The van der Waals surface area contributed by atoms with Gasteiger partial charge in [0.05, 0.1) is 0 Å². The van der Waals surface area contributed by atoms with E-state index in [4.69, 9.17) is 10.5 Å². The van der Waals surface area contributed by atoms with Crippen molar-refractivity contribution in [3.63, 3.8) is 0 Å². The van der Waals surface area contributed by atoms with E-state index in [1.807, 2.05) is 31.2 Å². The summed E-state index contributed by atoms with van der Waals surface area (Å²) in [4.78, 5) is 14.0. The third-order valence-electron chi connectivity index (χ3n) is 3.02. The summed E-state index contributed by atoms with van der Waals surface area (Å²) in [5, 5.41) is 0. The molecule has 0 saturated heterocycles. The summed E-state index contributed by atoms with van der Waals surface area (Å²) in [7, 11) is 1.55. The molecule has 0 unspecified atom stereocenters. The van der Waals surface area contributed by atoms with Gasteiger partial charge in [0.1, 0.15) is 5.60 Å². The Balaban J connectivity index is 2.82. The molecule has 100 valence electrons. The quantitative estimate of drug-likeness (QED) is 0.814. The van der Waals surface area contributed by atoms with Crippen molar-refractivity contribution in [2.75, 3.05) is 19.4 Å². The Hall–Kier alpha value is -1.55. The average Bonchev–Trinajstić information content (AvgIpc) is 2.35. The van der Waals surface area contributed by atoms with E-state index in [0.717, 1.165) is 5.56 Å². The van der Waals surface area contributed by atoms with E-state index in [-0.39, 0.29) is 5.91 Å². The Labute approximate surface area is 109 Å². The molecule has 18 heavy (non-hydrogen) atoms. The van der Waals surface area contributed by atoms with Gasteiger partial charge in [0.25, 0.3) is 5.91 Å². The van der Waals surface area contributed by atoms with Crippen LogP contribution in [0.25, 0.3) is 0 Å². The highest BCUT2D eigenvalue weighted by Gasteiger charge is 2.31. The van der Waals surface area contributed by atoms with Crippen molar-refractivity contribution in [1.82, 2.24) is 4.90 Å². The number of methoxy groups -OCH3 is 1. The average molecular weight is 250 g/mol. The molecule has 0 aliphatic carbocycles. The van der Waals surface area contributed by atoms with Gasteiger partial charge in [0.15, 0.2) is 0 Å². The maximum absolute atomic E-state index is 12.3. The molecule has 0 radical (unpaired) electrons. The van der Waals surface area contributed by atoms with E-state index in [2.05, 4.69) is 0 Å². The van der Waals surface area contributed by atoms with Crippen LogP contribution >= 0.6 is 0 Å². The highest BCUT2D eigenvalue weighted by Crippen LogP contribution is 2.16. The first-order valence-electron chi connectivity index (χ1n) is 6.09. The van der Waals surface area contributed by atoms with Gasteiger partial charge in [-0.25, -0.2) is 0 Å². The molecule has 4 heteroatoms. The molecule has 0 atom stereocenters. The van der Waals surface area contributed by atoms with Gasteiger partial charge in [-0.2, -0.15) is 0 Å². The second-order valence-electron chi connectivity index (χ2n) is 4.78. The molecule has 0 aromatic heterocycles. The van der Waals surface area contributed by atoms with Crippen molar-refractivity contribution in [1.29, 1.82) is 0 Å². The number of amides is 1. The number of hydrogen-bond acceptors (Lipinski definition) is 3. The van der Waals surface area contributed by atoms with Crippen LogP contribution < -0.4 is 5.73 Å². The van der Waals surface area contributed by atoms with Crippen molar-refractivity contribution >= 4 is 11.6 Å². The van der Waals surface area contributed by atoms with Crippen molar-refractivity contribution in [3.8, 4) is 0 Å². The van der Waals surface area contributed by atoms with E-state index in [1.165, 1.54) is 0 Å². The molecule has 1 rings (SSSR count). The highest BCUT2D eigenvalue weighted by atomic mass is 16.5. The molecule has 0 fully saturated rings. The number of rotatable bonds is 5. The zero-order valence-electron chi connectivity index (χ0n) is 11.6. The lowest BCUT2D eigenvalue weighted by Crippen LogP contribution is -2.46. The Kier molecular flexibility index (Phi) is 4.73. The van der Waals surface area contributed by atoms with Gasteiger partial charge in [-0.1, -0.05) is 12.1 Å². The SMILES string of the molecule is CCN(Cc1cccc(N)c1)C(=O)C(C)(C)OC. The third kappa shape index (κ3) is 3.47. The molecule has 1 aromatic rings. The molecule has 0 saturated carbocycles. The van der Waals surface area contributed by atoms with E-state index < -0.39 is 5.60 Å². The number of carbonyl (C=O) groups is 1. The Morgan fingerprint density at radius 1 is 1.44 bits per heavy atom. The number of hydrogen-bond donors (Lipinski definition) is 1. The van der Waals surface area contributed by atoms with Crippen LogP contribution in [0.2, 0.25) is 0 Å². The van der Waals surface area contributed by atoms with Crippen LogP contribution in [0.5, 0.6) is 0 Å². The summed E-state index contributed by atoms with van der Waals surface area (Å²) >= 11 is 0. The number of anilines is 1. The van der Waals surface area contributed by atoms with Gasteiger partial charge in [-0.05, 0) is 38.5 Å². The zero-order valence-corrected chi connectivity index (χ0v) is 11.6. The summed E-state index contributed by atoms with van der Waals surface area (Å²) in [5.41, 5.74) is 6.68. The van der Waals surface area contributed by atoms with Gasteiger partial charge in [-0.15, -0.1) is 0 Å². The minimum atomic E-state index is -0.795. The van der Waals surface area contributed by atoms with Gasteiger partial charge < -0.3 is 15.4 Å². The Morgan fingerprint density at radius 2 is 2.11 bits per heavy atom. The number of benzene rings is 1. The molecule has 0 aliphatic rings. The summed E-state index contributed by atoms with van der Waals surface area (Å²) in [5.74, 6) is -0.0186. The Morgan fingerprint density at radius 3 is 2.61 bits per heavy atom. The number of nitrogens with two attached hydrogens (primary N) is 1. The minimum absolute atomic E-state index is 0.0186. The number of nitrogen functional groups attached to an aromatic ring is 1. The maximum atomic E-state index is 12.3. The smallest absolute Gasteiger partial charge is 0.254 e. The van der Waals surface area contributed by atoms with Crippen LogP contribution in [-0.4, -0.2) is 30.1 Å². The second-order valence-corrected chi connectivity index (χ2v) is 4.78. The van der Waals surface area contributed by atoms with Crippen molar-refractivity contribution in [2.24, 2.45) is 0 Å². The highest BCUT2D eigenvalue weighted by molar-refractivity contribution is 5.84. The van der Waals surface area contributed by atoms with Crippen LogP contribution in [0.3, 0.4) is 0 Å².